The third-order valence-corrected chi connectivity index (χ3v) is 3.50. The molecular formula is C15H15BN6O. The molecule has 3 aromatic rings. The average Bonchev–Trinajstić information content (AvgIpc) is 3.07. The molecule has 3 rings (SSSR count). The second-order valence-corrected chi connectivity index (χ2v) is 5.02. The van der Waals surface area contributed by atoms with Gasteiger partial charge in [0.15, 0.2) is 0 Å². The second kappa shape index (κ2) is 6.49. The number of benzene rings is 1. The molecule has 1 amide bonds. The van der Waals surface area contributed by atoms with E-state index < -0.39 is 5.91 Å². The molecule has 4 N–H and O–H groups in total. The predicted octanol–water partition coefficient (Wildman–Crippen LogP) is -0.0593. The van der Waals surface area contributed by atoms with Gasteiger partial charge in [-0.05, 0) is 6.07 Å². The van der Waals surface area contributed by atoms with Crippen LogP contribution in [0.5, 0.6) is 0 Å². The summed E-state index contributed by atoms with van der Waals surface area (Å²) in [7, 11) is 5.86. The summed E-state index contributed by atoms with van der Waals surface area (Å²) >= 11 is 0. The molecule has 0 unspecified atom stereocenters. The first-order chi connectivity index (χ1) is 11.2. The highest BCUT2D eigenvalue weighted by Crippen LogP contribution is 2.25. The number of amides is 1. The van der Waals surface area contributed by atoms with Gasteiger partial charge in [-0.2, -0.15) is 0 Å². The number of carbonyl (C=O) groups is 1. The summed E-state index contributed by atoms with van der Waals surface area (Å²) in [6.07, 6.45) is 6.83. The number of hydrazine groups is 1. The Morgan fingerprint density at radius 1 is 1.39 bits per heavy atom. The molecule has 2 radical (unpaired) electrons. The molecule has 2 heterocycles. The molecule has 0 saturated carbocycles. The van der Waals surface area contributed by atoms with Gasteiger partial charge in [-0.3, -0.25) is 15.2 Å². The van der Waals surface area contributed by atoms with Crippen molar-refractivity contribution < 1.29 is 4.79 Å². The average molecular weight is 306 g/mol. The summed E-state index contributed by atoms with van der Waals surface area (Å²) in [5.74, 6) is 4.85. The van der Waals surface area contributed by atoms with E-state index in [9.17, 15) is 4.79 Å². The van der Waals surface area contributed by atoms with Crippen LogP contribution in [0, 0.1) is 0 Å². The molecule has 8 heteroatoms. The van der Waals surface area contributed by atoms with Gasteiger partial charge in [0.2, 0.25) is 0 Å². The van der Waals surface area contributed by atoms with E-state index in [2.05, 4.69) is 20.7 Å². The highest BCUT2D eigenvalue weighted by Gasteiger charge is 2.14. The lowest BCUT2D eigenvalue weighted by atomic mass is 9.93. The number of imidazole rings is 1. The number of rotatable bonds is 5. The van der Waals surface area contributed by atoms with E-state index in [1.165, 1.54) is 6.20 Å². The Morgan fingerprint density at radius 3 is 3.00 bits per heavy atom. The maximum absolute atomic E-state index is 12.0. The summed E-state index contributed by atoms with van der Waals surface area (Å²) < 4.78 is 1.94. The Labute approximate surface area is 134 Å². The van der Waals surface area contributed by atoms with Gasteiger partial charge >= 0.3 is 0 Å². The second-order valence-electron chi connectivity index (χ2n) is 5.02. The molecule has 23 heavy (non-hydrogen) atoms. The summed E-state index contributed by atoms with van der Waals surface area (Å²) in [5.41, 5.74) is 4.52. The van der Waals surface area contributed by atoms with Crippen molar-refractivity contribution in [1.29, 1.82) is 0 Å². The van der Waals surface area contributed by atoms with E-state index in [0.717, 1.165) is 10.9 Å². The van der Waals surface area contributed by atoms with Crippen LogP contribution >= 0.6 is 0 Å². The van der Waals surface area contributed by atoms with Crippen LogP contribution in [0.2, 0.25) is 0 Å². The van der Waals surface area contributed by atoms with Crippen molar-refractivity contribution in [1.82, 2.24) is 20.0 Å². The lowest BCUT2D eigenvalue weighted by Gasteiger charge is -2.14. The van der Waals surface area contributed by atoms with Crippen molar-refractivity contribution >= 4 is 35.8 Å². The molecule has 2 aromatic heterocycles. The van der Waals surface area contributed by atoms with Crippen molar-refractivity contribution in [3.05, 3.63) is 48.7 Å². The molecule has 0 saturated heterocycles. The lowest BCUT2D eigenvalue weighted by Crippen LogP contribution is -2.31. The smallest absolute Gasteiger partial charge is 0.268 e. The largest absolute Gasteiger partial charge is 0.382 e. The minimum absolute atomic E-state index is 0.372. The van der Waals surface area contributed by atoms with Gasteiger partial charge < -0.3 is 9.88 Å². The zero-order valence-corrected chi connectivity index (χ0v) is 12.4. The van der Waals surface area contributed by atoms with Crippen LogP contribution in [-0.4, -0.2) is 34.8 Å². The van der Waals surface area contributed by atoms with Crippen LogP contribution in [0.4, 0.5) is 5.69 Å². The number of nitrogen functional groups attached to an aromatic ring is 1. The number of nitrogens with two attached hydrogens (primary N) is 1. The van der Waals surface area contributed by atoms with Crippen LogP contribution in [0.25, 0.3) is 10.9 Å². The number of hydrogen-bond donors (Lipinski definition) is 3. The van der Waals surface area contributed by atoms with Crippen molar-refractivity contribution in [3.63, 3.8) is 0 Å². The quantitative estimate of drug-likeness (QED) is 0.265. The van der Waals surface area contributed by atoms with Gasteiger partial charge in [0.05, 0.1) is 23.1 Å². The molecule has 0 aliphatic heterocycles. The van der Waals surface area contributed by atoms with E-state index >= 15 is 0 Å². The Kier molecular flexibility index (Phi) is 4.25. The first kappa shape index (κ1) is 15.0. The molecule has 0 aliphatic rings. The van der Waals surface area contributed by atoms with E-state index in [1.807, 2.05) is 16.8 Å². The molecule has 0 atom stereocenters. The van der Waals surface area contributed by atoms with Crippen LogP contribution in [0.15, 0.2) is 43.1 Å². The normalized spacial score (nSPS) is 10.7. The Morgan fingerprint density at radius 2 is 2.26 bits per heavy atom. The number of anilines is 1. The number of aromatic nitrogens is 3. The number of nitrogens with zero attached hydrogens (tertiary/aromatic N) is 3. The van der Waals surface area contributed by atoms with Gasteiger partial charge in [-0.15, -0.1) is 0 Å². The third-order valence-electron chi connectivity index (χ3n) is 3.50. The van der Waals surface area contributed by atoms with Crippen LogP contribution < -0.4 is 22.0 Å². The molecule has 0 spiro atoms. The fourth-order valence-corrected chi connectivity index (χ4v) is 2.38. The van der Waals surface area contributed by atoms with Gasteiger partial charge in [0.25, 0.3) is 5.91 Å². The molecule has 0 bridgehead atoms. The number of carbonyl (C=O) groups excluding carboxylic acids is 1. The number of nitrogens with one attached hydrogen (secondary N) is 2. The molecule has 0 fully saturated rings. The van der Waals surface area contributed by atoms with Crippen molar-refractivity contribution in [3.8, 4) is 0 Å². The van der Waals surface area contributed by atoms with Gasteiger partial charge in [-0.1, -0.05) is 17.6 Å². The maximum Gasteiger partial charge on any atom is 0.268 e. The summed E-state index contributed by atoms with van der Waals surface area (Å²) in [5, 5.41) is 4.05. The zero-order valence-electron chi connectivity index (χ0n) is 12.4. The monoisotopic (exact) mass is 306 g/mol. The van der Waals surface area contributed by atoms with Crippen LogP contribution in [-0.2, 0) is 6.54 Å². The molecule has 7 nitrogen and oxygen atoms in total. The van der Waals surface area contributed by atoms with Crippen LogP contribution in [0.1, 0.15) is 10.4 Å². The number of pyridine rings is 1. The maximum atomic E-state index is 12.0. The van der Waals surface area contributed by atoms with E-state index in [1.54, 1.807) is 24.7 Å². The van der Waals surface area contributed by atoms with Gasteiger partial charge in [0, 0.05) is 37.1 Å². The van der Waals surface area contributed by atoms with E-state index in [4.69, 9.17) is 13.7 Å². The van der Waals surface area contributed by atoms with Crippen molar-refractivity contribution in [2.45, 2.75) is 6.54 Å². The standard InChI is InChI=1S/C15H15BN6O/c16-10-1-2-13-11(7-10)14(12(8-20-13)15(23)21-17)19-4-6-22-5-3-18-9-22/h1-3,5,7-9H,4,6,17H2,(H,19,20)(H,21,23). The topological polar surface area (TPSA) is 97.9 Å². The molecule has 0 aliphatic carbocycles. The van der Waals surface area contributed by atoms with Gasteiger partial charge in [0.1, 0.15) is 7.85 Å². The third kappa shape index (κ3) is 3.16. The minimum atomic E-state index is -0.410. The Bertz CT molecular complexity index is 833. The highest BCUT2D eigenvalue weighted by molar-refractivity contribution is 6.33. The van der Waals surface area contributed by atoms with E-state index in [0.29, 0.717) is 29.8 Å². The fourth-order valence-electron chi connectivity index (χ4n) is 2.38. The Balaban J connectivity index is 1.96. The highest BCUT2D eigenvalue weighted by atomic mass is 16.2. The lowest BCUT2D eigenvalue weighted by molar-refractivity contribution is 0.0954. The van der Waals surface area contributed by atoms with E-state index in [-0.39, 0.29) is 0 Å². The number of fused-ring (bicyclic) bond motifs is 1. The Hall–Kier alpha value is -2.87. The summed E-state index contributed by atoms with van der Waals surface area (Å²) in [4.78, 5) is 20.3. The minimum Gasteiger partial charge on any atom is -0.382 e. The van der Waals surface area contributed by atoms with Crippen molar-refractivity contribution in [2.24, 2.45) is 5.84 Å². The first-order valence-electron chi connectivity index (χ1n) is 7.08. The van der Waals surface area contributed by atoms with Gasteiger partial charge in [-0.25, -0.2) is 10.8 Å². The molecular weight excluding hydrogens is 291 g/mol. The summed E-state index contributed by atoms with van der Waals surface area (Å²) in [6, 6.07) is 5.37. The zero-order chi connectivity index (χ0) is 16.2. The number of hydrogen-bond acceptors (Lipinski definition) is 5. The summed E-state index contributed by atoms with van der Waals surface area (Å²) in [6.45, 7) is 1.31. The molecule has 114 valence electrons. The fraction of sp³-hybridized carbons (Fsp3) is 0.133. The van der Waals surface area contributed by atoms with Crippen molar-refractivity contribution in [2.75, 3.05) is 11.9 Å². The SMILES string of the molecule is [B]c1ccc2ncc(C(=O)NN)c(NCCn3ccnc3)c2c1. The first-order valence-corrected chi connectivity index (χ1v) is 7.08. The van der Waals surface area contributed by atoms with Crippen LogP contribution in [0.3, 0.4) is 0 Å². The predicted molar refractivity (Wildman–Crippen MR) is 89.5 cm³/mol. The molecule has 1 aromatic carbocycles.